The smallest absolute Gasteiger partial charge is 0.189 e. The average Bonchev–Trinajstić information content (AvgIpc) is 2.41. The molecule has 2 rings (SSSR count). The SMILES string of the molecule is O=C(C=Cc1ccccn1)c1cc(Cl)cc(Cl)c1O. The zero-order valence-corrected chi connectivity index (χ0v) is 11.2. The van der Waals surface area contributed by atoms with Gasteiger partial charge in [-0.15, -0.1) is 0 Å². The lowest BCUT2D eigenvalue weighted by molar-refractivity contribution is 0.104. The van der Waals surface area contributed by atoms with Crippen molar-refractivity contribution in [1.82, 2.24) is 4.98 Å². The van der Waals surface area contributed by atoms with Gasteiger partial charge in [0.25, 0.3) is 0 Å². The fourth-order valence-corrected chi connectivity index (χ4v) is 1.97. The summed E-state index contributed by atoms with van der Waals surface area (Å²) < 4.78 is 0. The van der Waals surface area contributed by atoms with Crippen LogP contribution in [0.15, 0.2) is 42.6 Å². The second-order valence-corrected chi connectivity index (χ2v) is 4.58. The van der Waals surface area contributed by atoms with Gasteiger partial charge in [-0.2, -0.15) is 0 Å². The van der Waals surface area contributed by atoms with E-state index in [4.69, 9.17) is 23.2 Å². The monoisotopic (exact) mass is 293 g/mol. The van der Waals surface area contributed by atoms with Gasteiger partial charge in [-0.1, -0.05) is 29.3 Å². The quantitative estimate of drug-likeness (QED) is 0.688. The molecule has 0 spiro atoms. The van der Waals surface area contributed by atoms with Gasteiger partial charge < -0.3 is 5.11 Å². The van der Waals surface area contributed by atoms with Gasteiger partial charge in [0.1, 0.15) is 5.75 Å². The van der Waals surface area contributed by atoms with E-state index >= 15 is 0 Å². The van der Waals surface area contributed by atoms with Crippen LogP contribution in [-0.4, -0.2) is 15.9 Å². The summed E-state index contributed by atoms with van der Waals surface area (Å²) in [5, 5.41) is 10.1. The van der Waals surface area contributed by atoms with Crippen LogP contribution >= 0.6 is 23.2 Å². The molecule has 0 aliphatic heterocycles. The lowest BCUT2D eigenvalue weighted by atomic mass is 10.1. The van der Waals surface area contributed by atoms with Crippen LogP contribution in [0.4, 0.5) is 0 Å². The van der Waals surface area contributed by atoms with Gasteiger partial charge in [0, 0.05) is 11.2 Å². The van der Waals surface area contributed by atoms with Crippen LogP contribution in [0.3, 0.4) is 0 Å². The van der Waals surface area contributed by atoms with Crippen molar-refractivity contribution in [1.29, 1.82) is 0 Å². The van der Waals surface area contributed by atoms with Crippen LogP contribution < -0.4 is 0 Å². The van der Waals surface area contributed by atoms with E-state index < -0.39 is 5.78 Å². The maximum Gasteiger partial charge on any atom is 0.189 e. The largest absolute Gasteiger partial charge is 0.506 e. The first-order chi connectivity index (χ1) is 9.08. The van der Waals surface area contributed by atoms with Crippen LogP contribution in [0.25, 0.3) is 6.08 Å². The van der Waals surface area contributed by atoms with Crippen molar-refractivity contribution in [2.45, 2.75) is 0 Å². The molecule has 2 aromatic rings. The Bertz CT molecular complexity index is 639. The van der Waals surface area contributed by atoms with Crippen molar-refractivity contribution in [2.75, 3.05) is 0 Å². The van der Waals surface area contributed by atoms with E-state index in [9.17, 15) is 9.90 Å². The number of aromatic nitrogens is 1. The highest BCUT2D eigenvalue weighted by Crippen LogP contribution is 2.31. The Morgan fingerprint density at radius 1 is 1.26 bits per heavy atom. The number of phenols is 1. The number of halogens is 2. The number of aromatic hydroxyl groups is 1. The van der Waals surface area contributed by atoms with E-state index in [0.717, 1.165) is 0 Å². The number of benzene rings is 1. The van der Waals surface area contributed by atoms with Gasteiger partial charge in [-0.25, -0.2) is 0 Å². The third-order valence-electron chi connectivity index (χ3n) is 2.39. The molecule has 0 radical (unpaired) electrons. The number of carbonyl (C=O) groups excluding carboxylic acids is 1. The lowest BCUT2D eigenvalue weighted by Crippen LogP contribution is -1.95. The molecular formula is C14H9Cl2NO2. The number of allylic oxidation sites excluding steroid dienone is 1. The van der Waals surface area contributed by atoms with Crippen molar-refractivity contribution in [3.63, 3.8) is 0 Å². The van der Waals surface area contributed by atoms with E-state index in [-0.39, 0.29) is 21.4 Å². The standard InChI is InChI=1S/C14H9Cl2NO2/c15-9-7-11(14(19)12(16)8-9)13(18)5-4-10-3-1-2-6-17-10/h1-8,19H. The molecule has 0 aliphatic rings. The maximum atomic E-state index is 12.0. The predicted molar refractivity (Wildman–Crippen MR) is 75.7 cm³/mol. The first-order valence-electron chi connectivity index (χ1n) is 5.39. The molecule has 1 N–H and O–H groups in total. The molecule has 0 aliphatic carbocycles. The van der Waals surface area contributed by atoms with Gasteiger partial charge in [0.05, 0.1) is 16.3 Å². The number of pyridine rings is 1. The van der Waals surface area contributed by atoms with Crippen molar-refractivity contribution in [2.24, 2.45) is 0 Å². The minimum atomic E-state index is -0.396. The van der Waals surface area contributed by atoms with E-state index in [1.54, 1.807) is 24.4 Å². The van der Waals surface area contributed by atoms with E-state index in [2.05, 4.69) is 4.98 Å². The molecule has 0 fully saturated rings. The Balaban J connectivity index is 2.28. The molecule has 3 nitrogen and oxygen atoms in total. The fourth-order valence-electron chi connectivity index (χ4n) is 1.48. The summed E-state index contributed by atoms with van der Waals surface area (Å²) in [6.45, 7) is 0. The summed E-state index contributed by atoms with van der Waals surface area (Å²) in [5.41, 5.74) is 0.702. The maximum absolute atomic E-state index is 12.0. The van der Waals surface area contributed by atoms with E-state index in [1.165, 1.54) is 18.2 Å². The van der Waals surface area contributed by atoms with Crippen molar-refractivity contribution in [3.8, 4) is 5.75 Å². The highest BCUT2D eigenvalue weighted by Gasteiger charge is 2.13. The molecule has 19 heavy (non-hydrogen) atoms. The summed E-state index contributed by atoms with van der Waals surface area (Å²) in [6, 6.07) is 8.09. The van der Waals surface area contributed by atoms with Crippen LogP contribution in [0.5, 0.6) is 5.75 Å². The Labute approximate surface area is 120 Å². The highest BCUT2D eigenvalue weighted by atomic mass is 35.5. The lowest BCUT2D eigenvalue weighted by Gasteiger charge is -2.03. The topological polar surface area (TPSA) is 50.2 Å². The van der Waals surface area contributed by atoms with Crippen LogP contribution in [-0.2, 0) is 0 Å². The average molecular weight is 294 g/mol. The Morgan fingerprint density at radius 3 is 2.74 bits per heavy atom. The predicted octanol–water partition coefficient (Wildman–Crippen LogP) is 3.99. The molecule has 0 amide bonds. The molecule has 0 saturated carbocycles. The summed E-state index contributed by atoms with van der Waals surface area (Å²) >= 11 is 11.6. The van der Waals surface area contributed by atoms with Crippen molar-refractivity contribution in [3.05, 3.63) is 63.9 Å². The Kier molecular flexibility index (Phi) is 4.20. The van der Waals surface area contributed by atoms with E-state index in [0.29, 0.717) is 5.69 Å². The number of hydrogen-bond acceptors (Lipinski definition) is 3. The first kappa shape index (κ1) is 13.6. The van der Waals surface area contributed by atoms with Crippen LogP contribution in [0.1, 0.15) is 16.1 Å². The summed E-state index contributed by atoms with van der Waals surface area (Å²) in [7, 11) is 0. The zero-order chi connectivity index (χ0) is 13.8. The number of phenolic OH excluding ortho intramolecular Hbond substituents is 1. The molecule has 0 bridgehead atoms. The zero-order valence-electron chi connectivity index (χ0n) is 9.68. The molecule has 5 heteroatoms. The third-order valence-corrected chi connectivity index (χ3v) is 2.89. The molecule has 0 saturated heterocycles. The van der Waals surface area contributed by atoms with Gasteiger partial charge >= 0.3 is 0 Å². The van der Waals surface area contributed by atoms with Gasteiger partial charge in [-0.3, -0.25) is 9.78 Å². The van der Waals surface area contributed by atoms with Crippen LogP contribution in [0.2, 0.25) is 10.0 Å². The number of nitrogens with zero attached hydrogens (tertiary/aromatic N) is 1. The summed E-state index contributed by atoms with van der Waals surface area (Å²) in [4.78, 5) is 16.0. The number of carbonyl (C=O) groups is 1. The molecule has 96 valence electrons. The number of hydrogen-bond donors (Lipinski definition) is 1. The second kappa shape index (κ2) is 5.87. The summed E-state index contributed by atoms with van der Waals surface area (Å²) in [6.07, 6.45) is 4.48. The molecule has 1 aromatic carbocycles. The minimum absolute atomic E-state index is 0.0436. The number of rotatable bonds is 3. The molecule has 0 atom stereocenters. The van der Waals surface area contributed by atoms with Gasteiger partial charge in [0.2, 0.25) is 0 Å². The second-order valence-electron chi connectivity index (χ2n) is 3.74. The first-order valence-corrected chi connectivity index (χ1v) is 6.15. The van der Waals surface area contributed by atoms with Crippen molar-refractivity contribution < 1.29 is 9.90 Å². The molecule has 1 heterocycles. The third kappa shape index (κ3) is 3.34. The Morgan fingerprint density at radius 2 is 2.05 bits per heavy atom. The minimum Gasteiger partial charge on any atom is -0.506 e. The fraction of sp³-hybridized carbons (Fsp3) is 0. The van der Waals surface area contributed by atoms with Crippen LogP contribution in [0, 0.1) is 0 Å². The van der Waals surface area contributed by atoms with E-state index in [1.807, 2.05) is 6.07 Å². The Hall–Kier alpha value is -1.84. The highest BCUT2D eigenvalue weighted by molar-refractivity contribution is 6.36. The number of ketones is 1. The normalized spacial score (nSPS) is 10.8. The van der Waals surface area contributed by atoms with Gasteiger partial charge in [0.15, 0.2) is 5.78 Å². The molecular weight excluding hydrogens is 285 g/mol. The molecule has 0 unspecified atom stereocenters. The summed E-state index contributed by atoms with van der Waals surface area (Å²) in [5.74, 6) is -0.672. The van der Waals surface area contributed by atoms with Crippen molar-refractivity contribution >= 4 is 35.1 Å². The molecule has 1 aromatic heterocycles. The van der Waals surface area contributed by atoms with Gasteiger partial charge in [-0.05, 0) is 36.4 Å².